The number of carbonyl (C=O) groups is 1. The van der Waals surface area contributed by atoms with E-state index >= 15 is 0 Å². The van der Waals surface area contributed by atoms with Crippen LogP contribution < -0.4 is 20.1 Å². The van der Waals surface area contributed by atoms with Crippen molar-refractivity contribution >= 4 is 6.03 Å². The van der Waals surface area contributed by atoms with Gasteiger partial charge in [-0.1, -0.05) is 12.1 Å². The Bertz CT molecular complexity index is 660. The standard InChI is InChI=1S/C19H26N4O3/c1-13(2)25-17-15(7-5-9-20-17)11-22-19(24)23-12-16-8-6-10-21-18(16)26-14(3)4/h5-10,13-14H,11-12H2,1-4H3,(H2,22,23,24). The van der Waals surface area contributed by atoms with Crippen LogP contribution in [-0.4, -0.2) is 28.2 Å². The molecule has 2 aromatic heterocycles. The molecule has 2 aromatic rings. The van der Waals surface area contributed by atoms with Crippen molar-refractivity contribution in [3.63, 3.8) is 0 Å². The Morgan fingerprint density at radius 1 is 0.885 bits per heavy atom. The molecular weight excluding hydrogens is 332 g/mol. The molecule has 0 fully saturated rings. The number of carbonyl (C=O) groups excluding carboxylic acids is 1. The van der Waals surface area contributed by atoms with Gasteiger partial charge in [0.15, 0.2) is 0 Å². The van der Waals surface area contributed by atoms with Gasteiger partial charge in [-0.2, -0.15) is 0 Å². The van der Waals surface area contributed by atoms with Crippen molar-refractivity contribution in [3.05, 3.63) is 47.8 Å². The molecule has 2 heterocycles. The van der Waals surface area contributed by atoms with Gasteiger partial charge in [-0.05, 0) is 39.8 Å². The van der Waals surface area contributed by atoms with Crippen molar-refractivity contribution in [2.45, 2.75) is 53.0 Å². The maximum atomic E-state index is 12.1. The lowest BCUT2D eigenvalue weighted by atomic mass is 10.2. The van der Waals surface area contributed by atoms with Crippen molar-refractivity contribution in [2.24, 2.45) is 0 Å². The van der Waals surface area contributed by atoms with E-state index in [-0.39, 0.29) is 18.2 Å². The predicted molar refractivity (Wildman–Crippen MR) is 99.1 cm³/mol. The van der Waals surface area contributed by atoms with Crippen LogP contribution in [-0.2, 0) is 13.1 Å². The number of hydrogen-bond donors (Lipinski definition) is 2. The molecule has 0 radical (unpaired) electrons. The second-order valence-electron chi connectivity index (χ2n) is 6.30. The lowest BCUT2D eigenvalue weighted by Crippen LogP contribution is -2.35. The van der Waals surface area contributed by atoms with Crippen LogP contribution in [0.5, 0.6) is 11.8 Å². The van der Waals surface area contributed by atoms with E-state index in [0.717, 1.165) is 11.1 Å². The first-order chi connectivity index (χ1) is 12.5. The fourth-order valence-corrected chi connectivity index (χ4v) is 2.19. The minimum atomic E-state index is -0.288. The van der Waals surface area contributed by atoms with Crippen LogP contribution in [0.2, 0.25) is 0 Å². The summed E-state index contributed by atoms with van der Waals surface area (Å²) in [6.07, 6.45) is 3.37. The Kier molecular flexibility index (Phi) is 7.20. The smallest absolute Gasteiger partial charge is 0.315 e. The molecule has 2 rings (SSSR count). The van der Waals surface area contributed by atoms with Gasteiger partial charge in [0, 0.05) is 36.6 Å². The monoisotopic (exact) mass is 358 g/mol. The highest BCUT2D eigenvalue weighted by atomic mass is 16.5. The Balaban J connectivity index is 1.89. The van der Waals surface area contributed by atoms with Crippen molar-refractivity contribution in [1.82, 2.24) is 20.6 Å². The first-order valence-electron chi connectivity index (χ1n) is 8.68. The summed E-state index contributed by atoms with van der Waals surface area (Å²) < 4.78 is 11.3. The molecule has 0 aliphatic carbocycles. The van der Waals surface area contributed by atoms with E-state index in [0.29, 0.717) is 24.8 Å². The van der Waals surface area contributed by atoms with Crippen molar-refractivity contribution in [1.29, 1.82) is 0 Å². The van der Waals surface area contributed by atoms with Gasteiger partial charge in [0.2, 0.25) is 11.8 Å². The van der Waals surface area contributed by atoms with Crippen LogP contribution >= 0.6 is 0 Å². The van der Waals surface area contributed by atoms with Crippen molar-refractivity contribution in [2.75, 3.05) is 0 Å². The maximum Gasteiger partial charge on any atom is 0.315 e. The molecule has 0 spiro atoms. The highest BCUT2D eigenvalue weighted by Gasteiger charge is 2.10. The minimum Gasteiger partial charge on any atom is -0.475 e. The highest BCUT2D eigenvalue weighted by molar-refractivity contribution is 5.73. The number of aromatic nitrogens is 2. The molecule has 0 unspecified atom stereocenters. The van der Waals surface area contributed by atoms with E-state index in [1.807, 2.05) is 52.0 Å². The van der Waals surface area contributed by atoms with Gasteiger partial charge in [0.05, 0.1) is 12.2 Å². The SMILES string of the molecule is CC(C)Oc1ncccc1CNC(=O)NCc1cccnc1OC(C)C. The van der Waals surface area contributed by atoms with Gasteiger partial charge < -0.3 is 20.1 Å². The average Bonchev–Trinajstić information content (AvgIpc) is 2.59. The average molecular weight is 358 g/mol. The number of pyridine rings is 2. The first kappa shape index (κ1) is 19.5. The third kappa shape index (κ3) is 6.23. The molecule has 26 heavy (non-hydrogen) atoms. The van der Waals surface area contributed by atoms with E-state index in [1.165, 1.54) is 0 Å². The normalized spacial score (nSPS) is 10.7. The fourth-order valence-electron chi connectivity index (χ4n) is 2.19. The summed E-state index contributed by atoms with van der Waals surface area (Å²) in [6, 6.07) is 7.09. The van der Waals surface area contributed by atoms with Gasteiger partial charge in [0.25, 0.3) is 0 Å². The molecule has 2 amide bonds. The second kappa shape index (κ2) is 9.60. The van der Waals surface area contributed by atoms with Crippen LogP contribution in [0.15, 0.2) is 36.7 Å². The molecule has 0 bridgehead atoms. The van der Waals surface area contributed by atoms with Crippen LogP contribution in [0.1, 0.15) is 38.8 Å². The number of hydrogen-bond acceptors (Lipinski definition) is 5. The molecule has 140 valence electrons. The van der Waals surface area contributed by atoms with Crippen LogP contribution in [0.4, 0.5) is 4.79 Å². The van der Waals surface area contributed by atoms with E-state index < -0.39 is 0 Å². The molecule has 0 saturated carbocycles. The molecule has 0 aliphatic rings. The Morgan fingerprint density at radius 2 is 1.31 bits per heavy atom. The van der Waals surface area contributed by atoms with Crippen molar-refractivity contribution < 1.29 is 14.3 Å². The molecule has 0 saturated heterocycles. The Labute approximate surface area is 154 Å². The Hall–Kier alpha value is -2.83. The van der Waals surface area contributed by atoms with Crippen molar-refractivity contribution in [3.8, 4) is 11.8 Å². The summed E-state index contributed by atoms with van der Waals surface area (Å²) in [5, 5.41) is 5.62. The van der Waals surface area contributed by atoms with E-state index in [9.17, 15) is 4.79 Å². The zero-order chi connectivity index (χ0) is 18.9. The van der Waals surface area contributed by atoms with Crippen LogP contribution in [0.25, 0.3) is 0 Å². The van der Waals surface area contributed by atoms with E-state index in [4.69, 9.17) is 9.47 Å². The van der Waals surface area contributed by atoms with E-state index in [1.54, 1.807) is 12.4 Å². The number of nitrogens with zero attached hydrogens (tertiary/aromatic N) is 2. The topological polar surface area (TPSA) is 85.4 Å². The van der Waals surface area contributed by atoms with Crippen LogP contribution in [0, 0.1) is 0 Å². The largest absolute Gasteiger partial charge is 0.475 e. The van der Waals surface area contributed by atoms with Gasteiger partial charge in [0.1, 0.15) is 0 Å². The number of urea groups is 1. The van der Waals surface area contributed by atoms with Gasteiger partial charge in [-0.25, -0.2) is 14.8 Å². The summed E-state index contributed by atoms with van der Waals surface area (Å²) >= 11 is 0. The summed E-state index contributed by atoms with van der Waals surface area (Å²) in [5.41, 5.74) is 1.64. The van der Waals surface area contributed by atoms with Gasteiger partial charge >= 0.3 is 6.03 Å². The zero-order valence-electron chi connectivity index (χ0n) is 15.7. The third-order valence-electron chi connectivity index (χ3n) is 3.27. The summed E-state index contributed by atoms with van der Waals surface area (Å²) in [7, 11) is 0. The van der Waals surface area contributed by atoms with Gasteiger partial charge in [-0.3, -0.25) is 0 Å². The highest BCUT2D eigenvalue weighted by Crippen LogP contribution is 2.16. The van der Waals surface area contributed by atoms with Crippen LogP contribution in [0.3, 0.4) is 0 Å². The summed E-state index contributed by atoms with van der Waals surface area (Å²) in [6.45, 7) is 8.38. The lowest BCUT2D eigenvalue weighted by molar-refractivity contribution is 0.227. The molecule has 7 heteroatoms. The summed E-state index contributed by atoms with van der Waals surface area (Å²) in [5.74, 6) is 1.06. The number of nitrogens with one attached hydrogen (secondary N) is 2. The number of ether oxygens (including phenoxy) is 2. The minimum absolute atomic E-state index is 0.0161. The third-order valence-corrected chi connectivity index (χ3v) is 3.27. The van der Waals surface area contributed by atoms with Gasteiger partial charge in [-0.15, -0.1) is 0 Å². The Morgan fingerprint density at radius 3 is 1.69 bits per heavy atom. The fraction of sp³-hybridized carbons (Fsp3) is 0.421. The number of rotatable bonds is 8. The molecule has 0 atom stereocenters. The first-order valence-corrected chi connectivity index (χ1v) is 8.68. The predicted octanol–water partition coefficient (Wildman–Crippen LogP) is 3.05. The number of amides is 2. The second-order valence-corrected chi connectivity index (χ2v) is 6.30. The molecule has 2 N–H and O–H groups in total. The molecule has 0 aliphatic heterocycles. The zero-order valence-corrected chi connectivity index (χ0v) is 15.7. The lowest BCUT2D eigenvalue weighted by Gasteiger charge is -2.15. The summed E-state index contributed by atoms with van der Waals surface area (Å²) in [4.78, 5) is 20.5. The molecular formula is C19H26N4O3. The molecule has 0 aromatic carbocycles. The van der Waals surface area contributed by atoms with E-state index in [2.05, 4.69) is 20.6 Å². The maximum absolute atomic E-state index is 12.1. The molecule has 7 nitrogen and oxygen atoms in total. The quantitative estimate of drug-likeness (QED) is 0.757.